The van der Waals surface area contributed by atoms with E-state index in [0.717, 1.165) is 4.31 Å². The van der Waals surface area contributed by atoms with Crippen molar-refractivity contribution in [3.8, 4) is 11.5 Å². The second kappa shape index (κ2) is 9.76. The number of nitrogens with two attached hydrogens (primary N) is 1. The highest BCUT2D eigenvalue weighted by molar-refractivity contribution is 7.89. The van der Waals surface area contributed by atoms with Gasteiger partial charge in [-0.2, -0.15) is 4.31 Å². The van der Waals surface area contributed by atoms with Crippen LogP contribution in [0.5, 0.6) is 11.5 Å². The molecule has 2 rings (SSSR count). The lowest BCUT2D eigenvalue weighted by atomic mass is 10.1. The number of methoxy groups -OCH3 is 2. The molecule has 0 bridgehead atoms. The van der Waals surface area contributed by atoms with Crippen molar-refractivity contribution in [2.75, 3.05) is 20.8 Å². The Labute approximate surface area is 174 Å². The topological polar surface area (TPSA) is 165 Å². The molecule has 1 fully saturated rings. The summed E-state index contributed by atoms with van der Waals surface area (Å²) in [6.07, 6.45) is 0.255. The number of nitrogens with zero attached hydrogens (tertiary/aromatic N) is 1. The SMILES string of the molecule is COc1ccc(S(=O)(=O)N2CCCC2C(=O)NC(CCC(N)=O)C(=O)O)cc1OC. The molecule has 1 aromatic carbocycles. The summed E-state index contributed by atoms with van der Waals surface area (Å²) in [6, 6.07) is 1.67. The van der Waals surface area contributed by atoms with Crippen LogP contribution in [0.3, 0.4) is 0 Å². The molecule has 0 spiro atoms. The molecule has 1 saturated heterocycles. The number of carboxylic acid groups (broad SMARTS) is 1. The highest BCUT2D eigenvalue weighted by Gasteiger charge is 2.40. The molecule has 2 atom stereocenters. The van der Waals surface area contributed by atoms with E-state index in [4.69, 9.17) is 15.2 Å². The van der Waals surface area contributed by atoms with Gasteiger partial charge in [0.25, 0.3) is 0 Å². The molecule has 0 aliphatic carbocycles. The predicted octanol–water partition coefficient (Wildman–Crippen LogP) is -0.308. The van der Waals surface area contributed by atoms with E-state index < -0.39 is 39.9 Å². The Hall–Kier alpha value is -2.86. The molecule has 2 amide bonds. The summed E-state index contributed by atoms with van der Waals surface area (Å²) in [5.74, 6) is -2.21. The van der Waals surface area contributed by atoms with Gasteiger partial charge in [-0.1, -0.05) is 0 Å². The Bertz CT molecular complexity index is 918. The highest BCUT2D eigenvalue weighted by Crippen LogP contribution is 2.33. The normalized spacial score (nSPS) is 17.9. The minimum absolute atomic E-state index is 0.0802. The first-order chi connectivity index (χ1) is 14.1. The number of primary amides is 1. The van der Waals surface area contributed by atoms with Gasteiger partial charge in [-0.05, 0) is 31.4 Å². The van der Waals surface area contributed by atoms with Gasteiger partial charge in [0.05, 0.1) is 19.1 Å². The van der Waals surface area contributed by atoms with Crippen LogP contribution in [0, 0.1) is 0 Å². The van der Waals surface area contributed by atoms with E-state index in [-0.39, 0.29) is 36.5 Å². The van der Waals surface area contributed by atoms with E-state index in [9.17, 15) is 27.9 Å². The number of benzene rings is 1. The number of carbonyl (C=O) groups excluding carboxylic acids is 2. The van der Waals surface area contributed by atoms with Gasteiger partial charge in [0, 0.05) is 19.0 Å². The smallest absolute Gasteiger partial charge is 0.326 e. The number of sulfonamides is 1. The quantitative estimate of drug-likeness (QED) is 0.443. The van der Waals surface area contributed by atoms with Crippen molar-refractivity contribution in [1.82, 2.24) is 9.62 Å². The first-order valence-corrected chi connectivity index (χ1v) is 10.6. The maximum Gasteiger partial charge on any atom is 0.326 e. The van der Waals surface area contributed by atoms with Crippen molar-refractivity contribution in [2.24, 2.45) is 5.73 Å². The lowest BCUT2D eigenvalue weighted by Crippen LogP contribution is -2.51. The molecule has 4 N–H and O–H groups in total. The van der Waals surface area contributed by atoms with Crippen LogP contribution < -0.4 is 20.5 Å². The zero-order valence-corrected chi connectivity index (χ0v) is 17.5. The molecule has 1 aliphatic heterocycles. The van der Waals surface area contributed by atoms with Gasteiger partial charge in [-0.3, -0.25) is 9.59 Å². The van der Waals surface area contributed by atoms with Crippen LogP contribution in [0.4, 0.5) is 0 Å². The number of amides is 2. The summed E-state index contributed by atoms with van der Waals surface area (Å²) >= 11 is 0. The molecular weight excluding hydrogens is 418 g/mol. The maximum atomic E-state index is 13.1. The Morgan fingerprint density at radius 3 is 2.50 bits per heavy atom. The maximum absolute atomic E-state index is 13.1. The monoisotopic (exact) mass is 443 g/mol. The summed E-state index contributed by atoms with van der Waals surface area (Å²) in [7, 11) is -1.26. The van der Waals surface area contributed by atoms with Gasteiger partial charge in [0.15, 0.2) is 11.5 Å². The zero-order chi connectivity index (χ0) is 22.5. The standard InChI is InChI=1S/C18H25N3O8S/c1-28-14-7-5-11(10-15(14)29-2)30(26,27)21-9-3-4-13(21)17(23)20-12(18(24)25)6-8-16(19)22/h5,7,10,12-13H,3-4,6,8-9H2,1-2H3,(H2,19,22)(H,20,23)(H,24,25). The second-order valence-corrected chi connectivity index (χ2v) is 8.59. The third-order valence-corrected chi connectivity index (χ3v) is 6.67. The van der Waals surface area contributed by atoms with Crippen LogP contribution in [-0.2, 0) is 24.4 Å². The summed E-state index contributed by atoms with van der Waals surface area (Å²) in [5.41, 5.74) is 5.03. The molecular formula is C18H25N3O8S. The molecule has 1 aliphatic rings. The van der Waals surface area contributed by atoms with Gasteiger partial charge >= 0.3 is 5.97 Å². The molecule has 0 aromatic heterocycles. The lowest BCUT2D eigenvalue weighted by Gasteiger charge is -2.25. The fraction of sp³-hybridized carbons (Fsp3) is 0.500. The summed E-state index contributed by atoms with van der Waals surface area (Å²) < 4.78 is 37.5. The van der Waals surface area contributed by atoms with Gasteiger partial charge in [-0.25, -0.2) is 13.2 Å². The van der Waals surface area contributed by atoms with Crippen molar-refractivity contribution in [1.29, 1.82) is 0 Å². The van der Waals surface area contributed by atoms with Crippen molar-refractivity contribution in [3.05, 3.63) is 18.2 Å². The van der Waals surface area contributed by atoms with Crippen molar-refractivity contribution < 1.29 is 37.4 Å². The van der Waals surface area contributed by atoms with Crippen molar-refractivity contribution >= 4 is 27.8 Å². The number of carbonyl (C=O) groups is 3. The van der Waals surface area contributed by atoms with E-state index >= 15 is 0 Å². The minimum atomic E-state index is -4.06. The molecule has 12 heteroatoms. The van der Waals surface area contributed by atoms with Gasteiger partial charge in [0.1, 0.15) is 12.1 Å². The third kappa shape index (κ3) is 5.19. The van der Waals surface area contributed by atoms with Crippen LogP contribution in [-0.4, -0.2) is 68.5 Å². The first-order valence-electron chi connectivity index (χ1n) is 9.17. The number of hydrogen-bond acceptors (Lipinski definition) is 7. The predicted molar refractivity (Wildman–Crippen MR) is 104 cm³/mol. The Morgan fingerprint density at radius 1 is 1.27 bits per heavy atom. The van der Waals surface area contributed by atoms with E-state index in [1.807, 2.05) is 0 Å². The molecule has 2 unspecified atom stereocenters. The van der Waals surface area contributed by atoms with Crippen LogP contribution in [0.2, 0.25) is 0 Å². The molecule has 0 saturated carbocycles. The van der Waals surface area contributed by atoms with Crippen molar-refractivity contribution in [2.45, 2.75) is 42.7 Å². The van der Waals surface area contributed by atoms with E-state index in [1.165, 1.54) is 32.4 Å². The van der Waals surface area contributed by atoms with Crippen molar-refractivity contribution in [3.63, 3.8) is 0 Å². The largest absolute Gasteiger partial charge is 0.493 e. The molecule has 30 heavy (non-hydrogen) atoms. The Balaban J connectivity index is 2.24. The summed E-state index contributed by atoms with van der Waals surface area (Å²) in [5, 5.41) is 11.6. The second-order valence-electron chi connectivity index (χ2n) is 6.69. The third-order valence-electron chi connectivity index (χ3n) is 4.76. The summed E-state index contributed by atoms with van der Waals surface area (Å²) in [4.78, 5) is 34.9. The van der Waals surface area contributed by atoms with Crippen LogP contribution in [0.1, 0.15) is 25.7 Å². The van der Waals surface area contributed by atoms with Crippen LogP contribution >= 0.6 is 0 Å². The van der Waals surface area contributed by atoms with Gasteiger partial charge in [0.2, 0.25) is 21.8 Å². The molecule has 1 heterocycles. The fourth-order valence-electron chi connectivity index (χ4n) is 3.21. The molecule has 0 radical (unpaired) electrons. The first kappa shape index (κ1) is 23.4. The Morgan fingerprint density at radius 2 is 1.93 bits per heavy atom. The summed E-state index contributed by atoms with van der Waals surface area (Å²) in [6.45, 7) is 0.105. The van der Waals surface area contributed by atoms with E-state index in [2.05, 4.69) is 5.32 Å². The number of nitrogens with one attached hydrogen (secondary N) is 1. The van der Waals surface area contributed by atoms with Gasteiger partial charge < -0.3 is 25.6 Å². The average molecular weight is 443 g/mol. The zero-order valence-electron chi connectivity index (χ0n) is 16.7. The van der Waals surface area contributed by atoms with E-state index in [0.29, 0.717) is 12.2 Å². The number of hydrogen-bond donors (Lipinski definition) is 3. The minimum Gasteiger partial charge on any atom is -0.493 e. The number of rotatable bonds is 10. The number of ether oxygens (including phenoxy) is 2. The fourth-order valence-corrected chi connectivity index (χ4v) is 4.89. The molecule has 1 aromatic rings. The Kier molecular flexibility index (Phi) is 7.62. The van der Waals surface area contributed by atoms with Crippen LogP contribution in [0.15, 0.2) is 23.1 Å². The average Bonchev–Trinajstić information content (AvgIpc) is 3.20. The molecule has 11 nitrogen and oxygen atoms in total. The number of carboxylic acids is 1. The highest BCUT2D eigenvalue weighted by atomic mass is 32.2. The van der Waals surface area contributed by atoms with E-state index in [1.54, 1.807) is 0 Å². The number of aliphatic carboxylic acids is 1. The lowest BCUT2D eigenvalue weighted by molar-refractivity contribution is -0.142. The molecule has 166 valence electrons. The van der Waals surface area contributed by atoms with Gasteiger partial charge in [-0.15, -0.1) is 0 Å². The van der Waals surface area contributed by atoms with Crippen LogP contribution in [0.25, 0.3) is 0 Å².